The van der Waals surface area contributed by atoms with Crippen LogP contribution in [0, 0.1) is 5.92 Å². The molecule has 11 heavy (non-hydrogen) atoms. The van der Waals surface area contributed by atoms with Crippen LogP contribution in [-0.4, -0.2) is 38.4 Å². The Balaban J connectivity index is 2.62. The van der Waals surface area contributed by atoms with E-state index in [0.29, 0.717) is 19.5 Å². The standard InChI is InChI=1S/C6H11NO3S/c1-11(9,10)7-3-2-6(4-7)5-8/h5-6H,2-4H2,1H3. The van der Waals surface area contributed by atoms with E-state index in [-0.39, 0.29) is 5.92 Å². The van der Waals surface area contributed by atoms with Crippen molar-refractivity contribution < 1.29 is 13.2 Å². The van der Waals surface area contributed by atoms with Crippen LogP contribution in [0.15, 0.2) is 0 Å². The molecular formula is C6H11NO3S. The van der Waals surface area contributed by atoms with Crippen molar-refractivity contribution in [2.24, 2.45) is 5.92 Å². The summed E-state index contributed by atoms with van der Waals surface area (Å²) in [6.45, 7) is 0.852. The van der Waals surface area contributed by atoms with Gasteiger partial charge in [0.1, 0.15) is 6.29 Å². The predicted molar refractivity (Wildman–Crippen MR) is 40.6 cm³/mol. The highest BCUT2D eigenvalue weighted by Gasteiger charge is 2.27. The average Bonchev–Trinajstić information content (AvgIpc) is 2.32. The Morgan fingerprint density at radius 1 is 1.55 bits per heavy atom. The van der Waals surface area contributed by atoms with E-state index in [9.17, 15) is 13.2 Å². The third-order valence-corrected chi connectivity index (χ3v) is 3.12. The summed E-state index contributed by atoms with van der Waals surface area (Å²) in [5, 5.41) is 0. The summed E-state index contributed by atoms with van der Waals surface area (Å²) in [6, 6.07) is 0. The van der Waals surface area contributed by atoms with Gasteiger partial charge in [-0.15, -0.1) is 0 Å². The Morgan fingerprint density at radius 3 is 2.45 bits per heavy atom. The number of aldehydes is 1. The fourth-order valence-corrected chi connectivity index (χ4v) is 2.07. The maximum Gasteiger partial charge on any atom is 0.211 e. The predicted octanol–water partition coefficient (Wildman–Crippen LogP) is -0.533. The molecular weight excluding hydrogens is 166 g/mol. The van der Waals surface area contributed by atoms with Crippen LogP contribution in [-0.2, 0) is 14.8 Å². The third-order valence-electron chi connectivity index (χ3n) is 1.85. The first-order valence-corrected chi connectivity index (χ1v) is 5.29. The van der Waals surface area contributed by atoms with Crippen molar-refractivity contribution in [3.8, 4) is 0 Å². The van der Waals surface area contributed by atoms with Gasteiger partial charge in [-0.05, 0) is 6.42 Å². The molecule has 0 aromatic carbocycles. The van der Waals surface area contributed by atoms with Gasteiger partial charge < -0.3 is 4.79 Å². The molecule has 0 saturated carbocycles. The van der Waals surface area contributed by atoms with Crippen molar-refractivity contribution in [1.82, 2.24) is 4.31 Å². The molecule has 0 amide bonds. The topological polar surface area (TPSA) is 54.5 Å². The third kappa shape index (κ3) is 2.00. The molecule has 1 rings (SSSR count). The lowest BCUT2D eigenvalue weighted by Gasteiger charge is -2.10. The molecule has 64 valence electrons. The van der Waals surface area contributed by atoms with Crippen molar-refractivity contribution in [2.45, 2.75) is 6.42 Å². The zero-order valence-corrected chi connectivity index (χ0v) is 7.17. The van der Waals surface area contributed by atoms with Crippen LogP contribution in [0.3, 0.4) is 0 Å². The van der Waals surface area contributed by atoms with Crippen LogP contribution in [0.5, 0.6) is 0 Å². The fourth-order valence-electron chi connectivity index (χ4n) is 1.17. The second kappa shape index (κ2) is 2.91. The Kier molecular flexibility index (Phi) is 2.29. The first-order chi connectivity index (χ1) is 5.04. The highest BCUT2D eigenvalue weighted by molar-refractivity contribution is 7.88. The molecule has 1 unspecified atom stereocenters. The zero-order valence-electron chi connectivity index (χ0n) is 6.36. The van der Waals surface area contributed by atoms with E-state index in [1.54, 1.807) is 0 Å². The fraction of sp³-hybridized carbons (Fsp3) is 0.833. The summed E-state index contributed by atoms with van der Waals surface area (Å²) >= 11 is 0. The van der Waals surface area contributed by atoms with E-state index >= 15 is 0 Å². The van der Waals surface area contributed by atoms with Gasteiger partial charge in [0, 0.05) is 19.0 Å². The minimum Gasteiger partial charge on any atom is -0.303 e. The first kappa shape index (κ1) is 8.67. The molecule has 0 aromatic rings. The minimum atomic E-state index is -3.07. The number of carbonyl (C=O) groups is 1. The number of carbonyl (C=O) groups excluding carboxylic acids is 1. The van der Waals surface area contributed by atoms with Crippen LogP contribution in [0.25, 0.3) is 0 Å². The Bertz CT molecular complexity index is 247. The van der Waals surface area contributed by atoms with Crippen LogP contribution in [0.2, 0.25) is 0 Å². The van der Waals surface area contributed by atoms with Crippen molar-refractivity contribution in [1.29, 1.82) is 0 Å². The van der Waals surface area contributed by atoms with E-state index in [0.717, 1.165) is 6.29 Å². The quantitative estimate of drug-likeness (QED) is 0.533. The van der Waals surface area contributed by atoms with Crippen LogP contribution >= 0.6 is 0 Å². The van der Waals surface area contributed by atoms with E-state index in [2.05, 4.69) is 0 Å². The van der Waals surface area contributed by atoms with Gasteiger partial charge in [0.15, 0.2) is 0 Å². The Morgan fingerprint density at radius 2 is 2.18 bits per heavy atom. The molecule has 4 nitrogen and oxygen atoms in total. The van der Waals surface area contributed by atoms with E-state index < -0.39 is 10.0 Å². The molecule has 0 N–H and O–H groups in total. The van der Waals surface area contributed by atoms with Crippen molar-refractivity contribution in [3.05, 3.63) is 0 Å². The van der Waals surface area contributed by atoms with Gasteiger partial charge in [0.25, 0.3) is 0 Å². The summed E-state index contributed by atoms with van der Waals surface area (Å²) in [4.78, 5) is 10.3. The van der Waals surface area contributed by atoms with Crippen molar-refractivity contribution >= 4 is 16.3 Å². The molecule has 5 heteroatoms. The van der Waals surface area contributed by atoms with Crippen LogP contribution in [0.1, 0.15) is 6.42 Å². The molecule has 1 aliphatic rings. The maximum absolute atomic E-state index is 10.9. The number of hydrogen-bond acceptors (Lipinski definition) is 3. The van der Waals surface area contributed by atoms with Gasteiger partial charge in [0.05, 0.1) is 6.26 Å². The van der Waals surface area contributed by atoms with Crippen LogP contribution < -0.4 is 0 Å². The summed E-state index contributed by atoms with van der Waals surface area (Å²) < 4.78 is 23.1. The summed E-state index contributed by atoms with van der Waals surface area (Å²) in [6.07, 6.45) is 2.65. The van der Waals surface area contributed by atoms with Gasteiger partial charge in [-0.1, -0.05) is 0 Å². The highest BCUT2D eigenvalue weighted by atomic mass is 32.2. The second-order valence-corrected chi connectivity index (χ2v) is 4.79. The molecule has 1 fully saturated rings. The normalized spacial score (nSPS) is 27.2. The maximum atomic E-state index is 10.9. The Labute approximate surface area is 66.2 Å². The van der Waals surface area contributed by atoms with Crippen molar-refractivity contribution in [2.75, 3.05) is 19.3 Å². The lowest BCUT2D eigenvalue weighted by Crippen LogP contribution is -2.27. The summed E-state index contributed by atoms with van der Waals surface area (Å²) in [5.41, 5.74) is 0. The molecule has 1 heterocycles. The van der Waals surface area contributed by atoms with Gasteiger partial charge in [-0.25, -0.2) is 12.7 Å². The first-order valence-electron chi connectivity index (χ1n) is 3.44. The molecule has 0 spiro atoms. The molecule has 0 radical (unpaired) electrons. The summed E-state index contributed by atoms with van der Waals surface area (Å²) in [7, 11) is -3.07. The monoisotopic (exact) mass is 177 g/mol. The van der Waals surface area contributed by atoms with E-state index in [1.807, 2.05) is 0 Å². The molecule has 0 aromatic heterocycles. The van der Waals surface area contributed by atoms with Gasteiger partial charge in [0.2, 0.25) is 10.0 Å². The second-order valence-electron chi connectivity index (χ2n) is 2.81. The van der Waals surface area contributed by atoms with Gasteiger partial charge in [-0.3, -0.25) is 0 Å². The van der Waals surface area contributed by atoms with Gasteiger partial charge >= 0.3 is 0 Å². The lowest BCUT2D eigenvalue weighted by atomic mass is 10.2. The van der Waals surface area contributed by atoms with E-state index in [1.165, 1.54) is 10.6 Å². The minimum absolute atomic E-state index is 0.0928. The molecule has 1 atom stereocenters. The van der Waals surface area contributed by atoms with Gasteiger partial charge in [-0.2, -0.15) is 0 Å². The zero-order chi connectivity index (χ0) is 8.48. The SMILES string of the molecule is CS(=O)(=O)N1CCC(C=O)C1. The number of nitrogens with zero attached hydrogens (tertiary/aromatic N) is 1. The lowest BCUT2D eigenvalue weighted by molar-refractivity contribution is -0.110. The van der Waals surface area contributed by atoms with Crippen molar-refractivity contribution in [3.63, 3.8) is 0 Å². The largest absolute Gasteiger partial charge is 0.303 e. The van der Waals surface area contributed by atoms with Crippen LogP contribution in [0.4, 0.5) is 0 Å². The number of rotatable bonds is 2. The molecule has 1 aliphatic heterocycles. The average molecular weight is 177 g/mol. The number of sulfonamides is 1. The molecule has 0 aliphatic carbocycles. The molecule has 1 saturated heterocycles. The molecule has 0 bridgehead atoms. The highest BCUT2D eigenvalue weighted by Crippen LogP contribution is 2.16. The smallest absolute Gasteiger partial charge is 0.211 e. The van der Waals surface area contributed by atoms with E-state index in [4.69, 9.17) is 0 Å². The number of hydrogen-bond donors (Lipinski definition) is 0. The summed E-state index contributed by atoms with van der Waals surface area (Å²) in [5.74, 6) is -0.0928. The Hall–Kier alpha value is -0.420.